The van der Waals surface area contributed by atoms with Crippen molar-refractivity contribution in [2.24, 2.45) is 5.73 Å². The number of methoxy groups -OCH3 is 1. The molecule has 19 heavy (non-hydrogen) atoms. The van der Waals surface area contributed by atoms with Gasteiger partial charge < -0.3 is 10.5 Å². The summed E-state index contributed by atoms with van der Waals surface area (Å²) in [4.78, 5) is 9.05. The first-order valence-electron chi connectivity index (χ1n) is 6.33. The number of hydrogen-bond acceptors (Lipinski definition) is 4. The first-order valence-corrected chi connectivity index (χ1v) is 6.33. The van der Waals surface area contributed by atoms with Crippen LogP contribution in [0.5, 0.6) is 5.75 Å². The minimum absolute atomic E-state index is 0.595. The van der Waals surface area contributed by atoms with Gasteiger partial charge in [0.15, 0.2) is 5.82 Å². The predicted molar refractivity (Wildman–Crippen MR) is 76.3 cm³/mol. The number of nitrogens with two attached hydrogens (primary N) is 1. The van der Waals surface area contributed by atoms with Crippen LogP contribution in [0, 0.1) is 13.8 Å². The second-order valence-electron chi connectivity index (χ2n) is 4.55. The fourth-order valence-electron chi connectivity index (χ4n) is 2.06. The second-order valence-corrected chi connectivity index (χ2v) is 4.55. The molecule has 4 heteroatoms. The summed E-state index contributed by atoms with van der Waals surface area (Å²) in [6.07, 6.45) is 0.769. The van der Waals surface area contributed by atoms with Gasteiger partial charge in [-0.15, -0.1) is 0 Å². The van der Waals surface area contributed by atoms with Crippen molar-refractivity contribution in [3.63, 3.8) is 0 Å². The van der Waals surface area contributed by atoms with Crippen LogP contribution in [0.1, 0.15) is 17.0 Å². The number of ether oxygens (including phenoxy) is 1. The van der Waals surface area contributed by atoms with E-state index in [2.05, 4.69) is 9.97 Å². The van der Waals surface area contributed by atoms with Gasteiger partial charge in [0.2, 0.25) is 0 Å². The minimum Gasteiger partial charge on any atom is -0.496 e. The summed E-state index contributed by atoms with van der Waals surface area (Å²) in [5.41, 5.74) is 9.60. The van der Waals surface area contributed by atoms with Crippen LogP contribution in [0.3, 0.4) is 0 Å². The Balaban J connectivity index is 2.43. The molecule has 2 aromatic rings. The highest BCUT2D eigenvalue weighted by atomic mass is 16.5. The lowest BCUT2D eigenvalue weighted by atomic mass is 10.1. The van der Waals surface area contributed by atoms with E-state index in [9.17, 15) is 0 Å². The van der Waals surface area contributed by atoms with E-state index in [1.807, 2.05) is 38.1 Å². The monoisotopic (exact) mass is 257 g/mol. The molecule has 0 atom stereocenters. The van der Waals surface area contributed by atoms with Crippen LogP contribution in [0.4, 0.5) is 0 Å². The number of benzene rings is 1. The van der Waals surface area contributed by atoms with Crippen molar-refractivity contribution in [2.75, 3.05) is 13.7 Å². The quantitative estimate of drug-likeness (QED) is 0.912. The third-order valence-electron chi connectivity index (χ3n) is 2.96. The Morgan fingerprint density at radius 3 is 2.58 bits per heavy atom. The maximum absolute atomic E-state index is 5.58. The Kier molecular flexibility index (Phi) is 4.12. The molecule has 0 fully saturated rings. The lowest BCUT2D eigenvalue weighted by molar-refractivity contribution is 0.412. The van der Waals surface area contributed by atoms with E-state index in [1.54, 1.807) is 7.11 Å². The van der Waals surface area contributed by atoms with Crippen LogP contribution in [-0.2, 0) is 6.42 Å². The van der Waals surface area contributed by atoms with Gasteiger partial charge in [-0.05, 0) is 50.2 Å². The minimum atomic E-state index is 0.595. The lowest BCUT2D eigenvalue weighted by Gasteiger charge is -2.08. The van der Waals surface area contributed by atoms with Gasteiger partial charge in [-0.3, -0.25) is 0 Å². The van der Waals surface area contributed by atoms with E-state index in [4.69, 9.17) is 10.5 Å². The molecule has 4 nitrogen and oxygen atoms in total. The van der Waals surface area contributed by atoms with Gasteiger partial charge in [-0.2, -0.15) is 0 Å². The summed E-state index contributed by atoms with van der Waals surface area (Å²) in [6.45, 7) is 4.58. The summed E-state index contributed by atoms with van der Waals surface area (Å²) in [6, 6.07) is 7.94. The van der Waals surface area contributed by atoms with Gasteiger partial charge >= 0.3 is 0 Å². The van der Waals surface area contributed by atoms with Crippen molar-refractivity contribution in [3.8, 4) is 17.1 Å². The summed E-state index contributed by atoms with van der Waals surface area (Å²) >= 11 is 0. The molecule has 2 rings (SSSR count). The molecule has 2 N–H and O–H groups in total. The topological polar surface area (TPSA) is 61.0 Å². The number of aryl methyl sites for hydroxylation is 2. The maximum Gasteiger partial charge on any atom is 0.159 e. The smallest absolute Gasteiger partial charge is 0.159 e. The molecule has 0 radical (unpaired) electrons. The van der Waals surface area contributed by atoms with Crippen molar-refractivity contribution >= 4 is 0 Å². The number of nitrogens with zero attached hydrogens (tertiary/aromatic N) is 2. The van der Waals surface area contributed by atoms with Crippen molar-refractivity contribution in [3.05, 3.63) is 41.2 Å². The molecule has 1 aromatic carbocycles. The van der Waals surface area contributed by atoms with Gasteiger partial charge in [0.1, 0.15) is 5.75 Å². The highest BCUT2D eigenvalue weighted by Gasteiger charge is 2.07. The van der Waals surface area contributed by atoms with E-state index in [0.717, 1.165) is 40.5 Å². The summed E-state index contributed by atoms with van der Waals surface area (Å²) < 4.78 is 5.26. The molecule has 0 aliphatic rings. The molecule has 0 aliphatic heterocycles. The van der Waals surface area contributed by atoms with Crippen LogP contribution in [0.25, 0.3) is 11.4 Å². The molecule has 0 bridgehead atoms. The Morgan fingerprint density at radius 2 is 1.95 bits per heavy atom. The number of rotatable bonds is 4. The zero-order valence-electron chi connectivity index (χ0n) is 11.6. The Labute approximate surface area is 113 Å². The number of aromatic nitrogens is 2. The number of hydrogen-bond donors (Lipinski definition) is 1. The molecule has 0 saturated carbocycles. The van der Waals surface area contributed by atoms with Gasteiger partial charge in [0.05, 0.1) is 7.11 Å². The predicted octanol–water partition coefficient (Wildman–Crippen LogP) is 2.27. The zero-order chi connectivity index (χ0) is 13.8. The van der Waals surface area contributed by atoms with Gasteiger partial charge in [-0.25, -0.2) is 9.97 Å². The summed E-state index contributed by atoms with van der Waals surface area (Å²) in [7, 11) is 1.67. The average molecular weight is 257 g/mol. The Morgan fingerprint density at radius 1 is 1.16 bits per heavy atom. The van der Waals surface area contributed by atoms with Crippen molar-refractivity contribution in [1.82, 2.24) is 9.97 Å². The molecule has 0 saturated heterocycles. The second kappa shape index (κ2) is 5.80. The first kappa shape index (κ1) is 13.5. The molecule has 0 unspecified atom stereocenters. The van der Waals surface area contributed by atoms with E-state index in [-0.39, 0.29) is 0 Å². The average Bonchev–Trinajstić information content (AvgIpc) is 2.38. The van der Waals surface area contributed by atoms with E-state index in [0.29, 0.717) is 6.54 Å². The van der Waals surface area contributed by atoms with Crippen molar-refractivity contribution in [1.29, 1.82) is 0 Å². The van der Waals surface area contributed by atoms with Gasteiger partial charge in [-0.1, -0.05) is 0 Å². The van der Waals surface area contributed by atoms with Crippen LogP contribution in [0.2, 0.25) is 0 Å². The Bertz CT molecular complexity index is 582. The van der Waals surface area contributed by atoms with Crippen molar-refractivity contribution < 1.29 is 4.74 Å². The van der Waals surface area contributed by atoms with Crippen LogP contribution in [-0.4, -0.2) is 23.6 Å². The van der Waals surface area contributed by atoms with Gasteiger partial charge in [0, 0.05) is 23.4 Å². The molecule has 0 spiro atoms. The SMILES string of the molecule is COc1ccc(-c2nc(C)cc(CCN)n2)cc1C. The standard InChI is InChI=1S/C15H19N3O/c1-10-8-12(4-5-14(10)19-3)15-17-11(2)9-13(18-15)6-7-16/h4-5,8-9H,6-7,16H2,1-3H3. The molecule has 1 aromatic heterocycles. The molecule has 1 heterocycles. The highest BCUT2D eigenvalue weighted by molar-refractivity contribution is 5.58. The maximum atomic E-state index is 5.58. The fraction of sp³-hybridized carbons (Fsp3) is 0.333. The first-order chi connectivity index (χ1) is 9.13. The third-order valence-corrected chi connectivity index (χ3v) is 2.96. The lowest BCUT2D eigenvalue weighted by Crippen LogP contribution is -2.06. The van der Waals surface area contributed by atoms with Gasteiger partial charge in [0.25, 0.3) is 0 Å². The zero-order valence-corrected chi connectivity index (χ0v) is 11.6. The molecular formula is C15H19N3O. The normalized spacial score (nSPS) is 10.5. The van der Waals surface area contributed by atoms with E-state index < -0.39 is 0 Å². The van der Waals surface area contributed by atoms with Crippen LogP contribution >= 0.6 is 0 Å². The Hall–Kier alpha value is -1.94. The summed E-state index contributed by atoms with van der Waals surface area (Å²) in [5, 5.41) is 0. The van der Waals surface area contributed by atoms with Crippen LogP contribution < -0.4 is 10.5 Å². The highest BCUT2D eigenvalue weighted by Crippen LogP contribution is 2.24. The van der Waals surface area contributed by atoms with E-state index >= 15 is 0 Å². The van der Waals surface area contributed by atoms with Crippen molar-refractivity contribution in [2.45, 2.75) is 20.3 Å². The molecule has 0 amide bonds. The fourth-order valence-corrected chi connectivity index (χ4v) is 2.06. The molecule has 100 valence electrons. The molecular weight excluding hydrogens is 238 g/mol. The largest absolute Gasteiger partial charge is 0.496 e. The molecule has 0 aliphatic carbocycles. The van der Waals surface area contributed by atoms with E-state index in [1.165, 1.54) is 0 Å². The third kappa shape index (κ3) is 3.09. The summed E-state index contributed by atoms with van der Waals surface area (Å²) in [5.74, 6) is 1.62. The van der Waals surface area contributed by atoms with Crippen LogP contribution in [0.15, 0.2) is 24.3 Å².